The second kappa shape index (κ2) is 6.67. The molecule has 0 saturated carbocycles. The van der Waals surface area contributed by atoms with Crippen molar-refractivity contribution in [3.8, 4) is 10.8 Å². The van der Waals surface area contributed by atoms with Crippen LogP contribution in [0, 0.1) is 0 Å². The minimum absolute atomic E-state index is 0.000395. The van der Waals surface area contributed by atoms with Crippen molar-refractivity contribution in [3.05, 3.63) is 28.1 Å². The van der Waals surface area contributed by atoms with Crippen molar-refractivity contribution in [2.75, 3.05) is 13.1 Å². The lowest BCUT2D eigenvalue weighted by Crippen LogP contribution is -2.48. The number of rotatable bonds is 4. The number of morpholine rings is 1. The summed E-state index contributed by atoms with van der Waals surface area (Å²) in [6.45, 7) is 5.28. The number of aryl methyl sites for hydroxylation is 1. The van der Waals surface area contributed by atoms with E-state index in [0.717, 1.165) is 4.88 Å². The second-order valence-corrected chi connectivity index (χ2v) is 6.63. The summed E-state index contributed by atoms with van der Waals surface area (Å²) in [7, 11) is 0. The Balaban J connectivity index is 1.62. The minimum atomic E-state index is -0.537. The van der Waals surface area contributed by atoms with E-state index in [1.165, 1.54) is 16.0 Å². The molecule has 2 unspecified atom stereocenters. The smallest absolute Gasteiger partial charge is 0.387 e. The Morgan fingerprint density at radius 1 is 1.39 bits per heavy atom. The molecule has 0 aromatic carbocycles. The molecule has 8 heteroatoms. The predicted molar refractivity (Wildman–Crippen MR) is 85.3 cm³/mol. The van der Waals surface area contributed by atoms with Crippen LogP contribution in [0.15, 0.2) is 26.7 Å². The first-order valence-electron chi connectivity index (χ1n) is 7.58. The number of nitrogens with zero attached hydrogens (tertiary/aromatic N) is 3. The summed E-state index contributed by atoms with van der Waals surface area (Å²) in [6, 6.07) is 3.70. The summed E-state index contributed by atoms with van der Waals surface area (Å²) in [5, 5.41) is 6.04. The van der Waals surface area contributed by atoms with Gasteiger partial charge in [0.1, 0.15) is 0 Å². The van der Waals surface area contributed by atoms with Crippen LogP contribution in [0.25, 0.3) is 10.8 Å². The van der Waals surface area contributed by atoms with Crippen LogP contribution >= 0.6 is 11.3 Å². The van der Waals surface area contributed by atoms with E-state index >= 15 is 0 Å². The molecule has 0 spiro atoms. The first-order chi connectivity index (χ1) is 11.0. The van der Waals surface area contributed by atoms with E-state index in [4.69, 9.17) is 9.15 Å². The molecule has 0 radical (unpaired) electrons. The SMILES string of the molecule is CC1CN(C(=O)CCn2nc(-c3cccs3)oc2=O)CC(C)O1. The van der Waals surface area contributed by atoms with E-state index in [1.54, 1.807) is 4.90 Å². The van der Waals surface area contributed by atoms with Crippen LogP contribution < -0.4 is 5.76 Å². The number of carbonyl (C=O) groups excluding carboxylic acids is 1. The summed E-state index contributed by atoms with van der Waals surface area (Å²) in [4.78, 5) is 26.7. The van der Waals surface area contributed by atoms with Crippen molar-refractivity contribution >= 4 is 17.2 Å². The molecule has 0 N–H and O–H groups in total. The van der Waals surface area contributed by atoms with Gasteiger partial charge in [-0.2, -0.15) is 4.68 Å². The molecular formula is C15H19N3O4S. The van der Waals surface area contributed by atoms with Gasteiger partial charge in [0.05, 0.1) is 23.6 Å². The lowest BCUT2D eigenvalue weighted by atomic mass is 10.2. The number of thiophene rings is 1. The van der Waals surface area contributed by atoms with Crippen molar-refractivity contribution < 1.29 is 13.9 Å². The van der Waals surface area contributed by atoms with E-state index < -0.39 is 5.76 Å². The van der Waals surface area contributed by atoms with Gasteiger partial charge in [0.15, 0.2) is 0 Å². The fourth-order valence-electron chi connectivity index (χ4n) is 2.69. The highest BCUT2D eigenvalue weighted by molar-refractivity contribution is 7.13. The highest BCUT2D eigenvalue weighted by Crippen LogP contribution is 2.21. The van der Waals surface area contributed by atoms with Crippen molar-refractivity contribution in [1.82, 2.24) is 14.7 Å². The third-order valence-corrected chi connectivity index (χ3v) is 4.51. The van der Waals surface area contributed by atoms with Gasteiger partial charge in [0.25, 0.3) is 5.89 Å². The number of aromatic nitrogens is 2. The maximum atomic E-state index is 12.3. The quantitative estimate of drug-likeness (QED) is 0.847. The molecule has 124 valence electrons. The first kappa shape index (κ1) is 15.9. The van der Waals surface area contributed by atoms with Crippen molar-refractivity contribution in [2.24, 2.45) is 0 Å². The fraction of sp³-hybridized carbons (Fsp3) is 0.533. The normalized spacial score (nSPS) is 21.6. The molecule has 1 fully saturated rings. The molecule has 2 aromatic rings. The van der Waals surface area contributed by atoms with Crippen LogP contribution in [0.2, 0.25) is 0 Å². The van der Waals surface area contributed by atoms with Crippen molar-refractivity contribution in [1.29, 1.82) is 0 Å². The van der Waals surface area contributed by atoms with E-state index in [-0.39, 0.29) is 31.1 Å². The fourth-order valence-corrected chi connectivity index (χ4v) is 3.33. The third kappa shape index (κ3) is 3.70. The lowest BCUT2D eigenvalue weighted by molar-refractivity contribution is -0.143. The van der Waals surface area contributed by atoms with Crippen molar-refractivity contribution in [2.45, 2.75) is 39.0 Å². The van der Waals surface area contributed by atoms with Crippen LogP contribution in [0.3, 0.4) is 0 Å². The molecule has 0 bridgehead atoms. The highest BCUT2D eigenvalue weighted by Gasteiger charge is 2.25. The maximum absolute atomic E-state index is 12.3. The van der Waals surface area contributed by atoms with Gasteiger partial charge >= 0.3 is 5.76 Å². The van der Waals surface area contributed by atoms with Gasteiger partial charge in [-0.05, 0) is 25.3 Å². The zero-order valence-corrected chi connectivity index (χ0v) is 13.9. The summed E-state index contributed by atoms with van der Waals surface area (Å²) in [6.07, 6.45) is 0.279. The average molecular weight is 337 g/mol. The number of amides is 1. The molecule has 23 heavy (non-hydrogen) atoms. The van der Waals surface area contributed by atoms with Gasteiger partial charge in [-0.25, -0.2) is 4.79 Å². The lowest BCUT2D eigenvalue weighted by Gasteiger charge is -2.35. The Hall–Kier alpha value is -1.93. The molecular weight excluding hydrogens is 318 g/mol. The van der Waals surface area contributed by atoms with Crippen LogP contribution in [0.1, 0.15) is 20.3 Å². The van der Waals surface area contributed by atoms with Crippen LogP contribution in [0.4, 0.5) is 0 Å². The molecule has 7 nitrogen and oxygen atoms in total. The van der Waals surface area contributed by atoms with Crippen LogP contribution in [-0.4, -0.2) is 45.9 Å². The number of hydrogen-bond donors (Lipinski definition) is 0. The molecule has 0 aliphatic carbocycles. The number of hydrogen-bond acceptors (Lipinski definition) is 6. The van der Waals surface area contributed by atoms with E-state index in [9.17, 15) is 9.59 Å². The Labute approximate surface area is 137 Å². The second-order valence-electron chi connectivity index (χ2n) is 5.68. The summed E-state index contributed by atoms with van der Waals surface area (Å²) >= 11 is 1.45. The van der Waals surface area contributed by atoms with Gasteiger partial charge in [-0.3, -0.25) is 4.79 Å². The molecule has 1 aliphatic heterocycles. The van der Waals surface area contributed by atoms with Gasteiger partial charge in [-0.1, -0.05) is 6.07 Å². The van der Waals surface area contributed by atoms with Gasteiger partial charge in [-0.15, -0.1) is 16.4 Å². The molecule has 2 atom stereocenters. The average Bonchev–Trinajstić information content (AvgIpc) is 3.13. The Kier molecular flexibility index (Phi) is 4.63. The largest absolute Gasteiger partial charge is 0.437 e. The number of carbonyl (C=O) groups is 1. The van der Waals surface area contributed by atoms with Crippen molar-refractivity contribution in [3.63, 3.8) is 0 Å². The van der Waals surface area contributed by atoms with Crippen LogP contribution in [0.5, 0.6) is 0 Å². The zero-order chi connectivity index (χ0) is 16.4. The summed E-state index contributed by atoms with van der Waals surface area (Å²) in [5.74, 6) is -0.240. The summed E-state index contributed by atoms with van der Waals surface area (Å²) in [5.41, 5.74) is 0. The van der Waals surface area contributed by atoms with Gasteiger partial charge in [0.2, 0.25) is 5.91 Å². The van der Waals surface area contributed by atoms with Crippen LogP contribution in [-0.2, 0) is 16.1 Å². The minimum Gasteiger partial charge on any atom is -0.387 e. The first-order valence-corrected chi connectivity index (χ1v) is 8.46. The maximum Gasteiger partial charge on any atom is 0.437 e. The Bertz CT molecular complexity index is 711. The monoisotopic (exact) mass is 337 g/mol. The molecule has 1 saturated heterocycles. The van der Waals surface area contributed by atoms with Gasteiger partial charge < -0.3 is 14.1 Å². The molecule has 2 aromatic heterocycles. The standard InChI is InChI=1S/C15H19N3O4S/c1-10-8-17(9-11(2)21-10)13(19)5-6-18-15(20)22-14(16-18)12-4-3-7-23-12/h3-4,7,10-11H,5-6,8-9H2,1-2H3. The molecule has 3 rings (SSSR count). The van der Waals surface area contributed by atoms with E-state index in [0.29, 0.717) is 19.0 Å². The van der Waals surface area contributed by atoms with E-state index in [2.05, 4.69) is 5.10 Å². The molecule has 1 amide bonds. The van der Waals surface area contributed by atoms with Gasteiger partial charge in [0, 0.05) is 19.5 Å². The Morgan fingerprint density at radius 2 is 2.13 bits per heavy atom. The topological polar surface area (TPSA) is 77.6 Å². The number of ether oxygens (including phenoxy) is 1. The predicted octanol–water partition coefficient (Wildman–Crippen LogP) is 1.59. The molecule has 1 aliphatic rings. The third-order valence-electron chi connectivity index (χ3n) is 3.65. The zero-order valence-electron chi connectivity index (χ0n) is 13.1. The summed E-state index contributed by atoms with van der Waals surface area (Å²) < 4.78 is 12.0. The van der Waals surface area contributed by atoms with E-state index in [1.807, 2.05) is 31.4 Å². The molecule has 3 heterocycles. The highest BCUT2D eigenvalue weighted by atomic mass is 32.1. The Morgan fingerprint density at radius 3 is 2.78 bits per heavy atom.